The van der Waals surface area contributed by atoms with Crippen LogP contribution in [0.15, 0.2) is 0 Å². The summed E-state index contributed by atoms with van der Waals surface area (Å²) in [6, 6.07) is 0. The van der Waals surface area contributed by atoms with Gasteiger partial charge in [0.05, 0.1) is 12.8 Å². The third kappa shape index (κ3) is 49.7. The van der Waals surface area contributed by atoms with E-state index in [-0.39, 0.29) is 76.2 Å². The Morgan fingerprint density at radius 3 is 1.15 bits per heavy atom. The number of carbonyl (C=O) groups excluding carboxylic acids is 1. The molecule has 14 nitrogen and oxygen atoms in total. The van der Waals surface area contributed by atoms with Crippen LogP contribution in [-0.2, 0) is 46.6 Å². The van der Waals surface area contributed by atoms with E-state index in [0.717, 1.165) is 0 Å². The second-order valence-corrected chi connectivity index (χ2v) is 3.91. The van der Waals surface area contributed by atoms with Crippen LogP contribution in [0.4, 0.5) is 0 Å². The average molecular weight is 484 g/mol. The molecule has 26 heavy (non-hydrogen) atoms. The zero-order valence-corrected chi connectivity index (χ0v) is 19.9. The first-order valence-electron chi connectivity index (χ1n) is 4.46. The molecule has 0 atom stereocenters. The minimum atomic E-state index is -5.17. The van der Waals surface area contributed by atoms with E-state index in [0.29, 0.717) is 0 Å². The van der Waals surface area contributed by atoms with Gasteiger partial charge in [0.2, 0.25) is 0 Å². The second-order valence-electron chi connectivity index (χ2n) is 2.95. The minimum absolute atomic E-state index is 0. The van der Waals surface area contributed by atoms with Gasteiger partial charge in [-0.05, 0) is 0 Å². The molecular weight excluding hydrogens is 474 g/mol. The molecule has 144 valence electrons. The number of rotatable bonds is 5. The first kappa shape index (κ1) is 45.4. The van der Waals surface area contributed by atoms with Gasteiger partial charge in [0.15, 0.2) is 5.60 Å². The summed E-state index contributed by atoms with van der Waals surface area (Å²) in [6.07, 6.45) is -2.29. The monoisotopic (exact) mass is 484 g/mol. The Labute approximate surface area is 206 Å². The van der Waals surface area contributed by atoms with Gasteiger partial charge >= 0.3 is 94.1 Å². The van der Waals surface area contributed by atoms with Gasteiger partial charge in [-0.15, -0.1) is 0 Å². The third-order valence-corrected chi connectivity index (χ3v) is 1.29. The van der Waals surface area contributed by atoms with E-state index in [4.69, 9.17) is 51.8 Å². The molecule has 4 N–H and O–H groups in total. The maximum Gasteiger partial charge on any atom is 2.00 e. The fourth-order valence-corrected chi connectivity index (χ4v) is 0.714. The van der Waals surface area contributed by atoms with Crippen molar-refractivity contribution in [2.24, 2.45) is 0 Å². The third-order valence-electron chi connectivity index (χ3n) is 1.29. The standard InChI is InChI=1S/C6H8O7.CH2O.Fe.2Na.H2O4S.H2O2S/c7-3(8)1-6(13,5(11)12)2-4(9)10;1-2;;;;1-5(2,3)4;1-3-2/h13H,1-2H2,(H,7,8)(H,9,10)(H,11,12);1H2;;;;(H2,1,2,3,4);1-2H/q;;+2;2*+1;;/p-4. The maximum atomic E-state index is 10.3. The molecule has 0 radical (unpaired) electrons. The summed E-state index contributed by atoms with van der Waals surface area (Å²) in [5.74, 6) is -5.02. The molecule has 19 heteroatoms. The van der Waals surface area contributed by atoms with Crippen LogP contribution in [0.2, 0.25) is 0 Å². The SMILES string of the molecule is C=O.O=C(O)CC(O)(CC(=O)O)C(=O)O.O=S(=O)([O-])[O-].[Fe+2].[Na+].[Na+].[O-]S[O-]. The van der Waals surface area contributed by atoms with Crippen molar-refractivity contribution < 1.29 is 142 Å². The van der Waals surface area contributed by atoms with Crippen LogP contribution < -0.4 is 59.1 Å². The molecule has 0 amide bonds. The van der Waals surface area contributed by atoms with Crippen molar-refractivity contribution in [3.8, 4) is 0 Å². The first-order chi connectivity index (χ1) is 10.2. The van der Waals surface area contributed by atoms with Crippen molar-refractivity contribution in [1.29, 1.82) is 0 Å². The van der Waals surface area contributed by atoms with Crippen molar-refractivity contribution in [2.45, 2.75) is 18.4 Å². The Bertz CT molecular complexity index is 448. The van der Waals surface area contributed by atoms with E-state index in [1.54, 1.807) is 0 Å². The molecule has 0 aromatic heterocycles. The molecule has 0 aliphatic rings. The van der Waals surface area contributed by atoms with Crippen molar-refractivity contribution in [1.82, 2.24) is 0 Å². The van der Waals surface area contributed by atoms with Gasteiger partial charge in [0.25, 0.3) is 0 Å². The van der Waals surface area contributed by atoms with E-state index in [9.17, 15) is 14.4 Å². The summed E-state index contributed by atoms with van der Waals surface area (Å²) in [5.41, 5.74) is -2.74. The molecular formula is C7H10FeNa2O14S2. The Morgan fingerprint density at radius 2 is 1.08 bits per heavy atom. The van der Waals surface area contributed by atoms with Crippen molar-refractivity contribution in [3.05, 3.63) is 0 Å². The first-order valence-corrected chi connectivity index (χ1v) is 6.46. The number of carboxylic acid groups (broad SMARTS) is 3. The number of aliphatic carboxylic acids is 3. The number of carboxylic acids is 3. The van der Waals surface area contributed by atoms with Gasteiger partial charge in [-0.2, -0.15) is 0 Å². The topological polar surface area (TPSA) is 276 Å². The fourth-order valence-electron chi connectivity index (χ4n) is 0.714. The van der Waals surface area contributed by atoms with Crippen LogP contribution in [0, 0.1) is 0 Å². The van der Waals surface area contributed by atoms with Gasteiger partial charge < -0.3 is 55.8 Å². The smallest absolute Gasteiger partial charge is 0.811 e. The van der Waals surface area contributed by atoms with E-state index in [2.05, 4.69) is 0 Å². The van der Waals surface area contributed by atoms with E-state index >= 15 is 0 Å². The van der Waals surface area contributed by atoms with E-state index in [1.807, 2.05) is 6.79 Å². The largest absolute Gasteiger partial charge is 2.00 e. The van der Waals surface area contributed by atoms with Crippen molar-refractivity contribution in [3.63, 3.8) is 0 Å². The van der Waals surface area contributed by atoms with E-state index in [1.165, 1.54) is 0 Å². The van der Waals surface area contributed by atoms with Gasteiger partial charge in [0, 0.05) is 10.4 Å². The normalized spacial score (nSPS) is 8.50. The Hall–Kier alpha value is 0.699. The molecule has 0 aliphatic carbocycles. The van der Waals surface area contributed by atoms with Crippen molar-refractivity contribution in [2.75, 3.05) is 0 Å². The Kier molecular flexibility index (Phi) is 44.9. The molecule has 0 heterocycles. The number of hydrogen-bond donors (Lipinski definition) is 4. The maximum absolute atomic E-state index is 10.3. The van der Waals surface area contributed by atoms with Gasteiger partial charge in [-0.25, -0.2) is 4.79 Å². The van der Waals surface area contributed by atoms with Crippen LogP contribution in [0.5, 0.6) is 0 Å². The number of aliphatic hydroxyl groups is 1. The molecule has 0 bridgehead atoms. The molecule has 0 aromatic rings. The summed E-state index contributed by atoms with van der Waals surface area (Å²) in [6.45, 7) is 2.00. The summed E-state index contributed by atoms with van der Waals surface area (Å²) in [5, 5.41) is 33.8. The zero-order chi connectivity index (χ0) is 19.9. The predicted octanol–water partition coefficient (Wildman–Crippen LogP) is -8.79. The summed E-state index contributed by atoms with van der Waals surface area (Å²) in [4.78, 5) is 38.5. The van der Waals surface area contributed by atoms with Gasteiger partial charge in [-0.3, -0.25) is 18.0 Å². The van der Waals surface area contributed by atoms with Crippen LogP contribution in [0.1, 0.15) is 12.8 Å². The summed E-state index contributed by atoms with van der Waals surface area (Å²) < 4.78 is 50.7. The van der Waals surface area contributed by atoms with Crippen LogP contribution in [0.25, 0.3) is 0 Å². The molecule has 0 saturated heterocycles. The predicted molar refractivity (Wildman–Crippen MR) is 63.8 cm³/mol. The Morgan fingerprint density at radius 1 is 0.923 bits per heavy atom. The number of carbonyl (C=O) groups is 4. The molecule has 0 spiro atoms. The minimum Gasteiger partial charge on any atom is -0.811 e. The molecule has 0 aromatic carbocycles. The number of hydrogen-bond acceptors (Lipinski definition) is 12. The van der Waals surface area contributed by atoms with E-state index < -0.39 is 59.1 Å². The molecule has 0 fully saturated rings. The summed E-state index contributed by atoms with van der Waals surface area (Å²) in [7, 11) is -5.17. The van der Waals surface area contributed by atoms with Crippen LogP contribution >= 0.6 is 12.3 Å². The Balaban J connectivity index is -0.0000000472. The van der Waals surface area contributed by atoms with Gasteiger partial charge in [-0.1, -0.05) is 0 Å². The summed E-state index contributed by atoms with van der Waals surface area (Å²) >= 11 is -0.750. The quantitative estimate of drug-likeness (QED) is 0.122. The molecule has 0 aliphatic heterocycles. The van der Waals surface area contributed by atoms with Gasteiger partial charge in [0.1, 0.15) is 6.79 Å². The van der Waals surface area contributed by atoms with Crippen LogP contribution in [-0.4, -0.2) is 77.4 Å². The molecule has 0 unspecified atom stereocenters. The van der Waals surface area contributed by atoms with Crippen molar-refractivity contribution >= 4 is 47.4 Å². The van der Waals surface area contributed by atoms with Crippen LogP contribution in [0.3, 0.4) is 0 Å². The fraction of sp³-hybridized carbons (Fsp3) is 0.429. The zero-order valence-electron chi connectivity index (χ0n) is 13.2. The molecule has 0 saturated carbocycles. The average Bonchev–Trinajstić information content (AvgIpc) is 2.27. The second kappa shape index (κ2) is 25.7. The molecule has 0 rings (SSSR count).